The van der Waals surface area contributed by atoms with Crippen molar-refractivity contribution in [1.82, 2.24) is 10.2 Å². The van der Waals surface area contributed by atoms with Gasteiger partial charge >= 0.3 is 0 Å². The zero-order chi connectivity index (χ0) is 10.8. The molecule has 2 heterocycles. The van der Waals surface area contributed by atoms with Gasteiger partial charge in [-0.15, -0.1) is 12.4 Å². The number of carbonyl (C=O) groups is 1. The second-order valence-electron chi connectivity index (χ2n) is 4.79. The Labute approximate surface area is 108 Å². The van der Waals surface area contributed by atoms with E-state index in [-0.39, 0.29) is 18.3 Å². The lowest BCUT2D eigenvalue weighted by Crippen LogP contribution is -2.54. The van der Waals surface area contributed by atoms with Gasteiger partial charge in [0.2, 0.25) is 5.91 Å². The van der Waals surface area contributed by atoms with Crippen molar-refractivity contribution < 1.29 is 4.79 Å². The summed E-state index contributed by atoms with van der Waals surface area (Å²) in [6, 6.07) is 0. The first kappa shape index (κ1) is 14.1. The highest BCUT2D eigenvalue weighted by atomic mass is 35.5. The third kappa shape index (κ3) is 3.05. The van der Waals surface area contributed by atoms with Crippen LogP contribution >= 0.6 is 24.2 Å². The van der Waals surface area contributed by atoms with E-state index in [9.17, 15) is 4.79 Å². The second-order valence-corrected chi connectivity index (χ2v) is 6.14. The normalized spacial score (nSPS) is 26.2. The SMILES string of the molecule is CC(C)C1CN(C(=O)C2CNC2)CCS1.Cl. The molecular weight excluding hydrogens is 244 g/mol. The van der Waals surface area contributed by atoms with Crippen molar-refractivity contribution in [2.75, 3.05) is 31.9 Å². The third-order valence-corrected chi connectivity index (χ3v) is 4.82. The molecule has 2 aliphatic rings. The van der Waals surface area contributed by atoms with Crippen LogP contribution in [0, 0.1) is 11.8 Å². The highest BCUT2D eigenvalue weighted by Gasteiger charge is 2.32. The number of hydrogen-bond donors (Lipinski definition) is 1. The maximum absolute atomic E-state index is 12.0. The fourth-order valence-corrected chi connectivity index (χ4v) is 3.30. The highest BCUT2D eigenvalue weighted by molar-refractivity contribution is 8.00. The summed E-state index contributed by atoms with van der Waals surface area (Å²) in [6.45, 7) is 8.16. The summed E-state index contributed by atoms with van der Waals surface area (Å²) in [4.78, 5) is 14.1. The summed E-state index contributed by atoms with van der Waals surface area (Å²) < 4.78 is 0. The fraction of sp³-hybridized carbons (Fsp3) is 0.909. The number of carbonyl (C=O) groups excluding carboxylic acids is 1. The van der Waals surface area contributed by atoms with Crippen LogP contribution < -0.4 is 5.32 Å². The van der Waals surface area contributed by atoms with Gasteiger partial charge in [-0.05, 0) is 5.92 Å². The van der Waals surface area contributed by atoms with Gasteiger partial charge in [0, 0.05) is 37.2 Å². The number of hydrogen-bond acceptors (Lipinski definition) is 3. The van der Waals surface area contributed by atoms with Crippen molar-refractivity contribution in [3.8, 4) is 0 Å². The van der Waals surface area contributed by atoms with Gasteiger partial charge in [0.15, 0.2) is 0 Å². The minimum absolute atomic E-state index is 0. The van der Waals surface area contributed by atoms with Gasteiger partial charge in [0.25, 0.3) is 0 Å². The van der Waals surface area contributed by atoms with Crippen molar-refractivity contribution in [3.05, 3.63) is 0 Å². The Bertz CT molecular complexity index is 246. The number of nitrogens with zero attached hydrogens (tertiary/aromatic N) is 1. The van der Waals surface area contributed by atoms with Crippen LogP contribution in [-0.2, 0) is 4.79 Å². The quantitative estimate of drug-likeness (QED) is 0.814. The summed E-state index contributed by atoms with van der Waals surface area (Å²) in [7, 11) is 0. The summed E-state index contributed by atoms with van der Waals surface area (Å²) in [5.74, 6) is 2.42. The largest absolute Gasteiger partial charge is 0.340 e. The van der Waals surface area contributed by atoms with Gasteiger partial charge in [-0.25, -0.2) is 0 Å². The molecule has 0 spiro atoms. The minimum atomic E-state index is 0. The van der Waals surface area contributed by atoms with Crippen LogP contribution in [0.15, 0.2) is 0 Å². The molecular formula is C11H21ClN2OS. The zero-order valence-corrected chi connectivity index (χ0v) is 11.6. The summed E-state index contributed by atoms with van der Waals surface area (Å²) in [6.07, 6.45) is 0. The Hall–Kier alpha value is 0.0700. The van der Waals surface area contributed by atoms with Gasteiger partial charge in [-0.3, -0.25) is 4.79 Å². The molecule has 0 saturated carbocycles. The van der Waals surface area contributed by atoms with Gasteiger partial charge in [0.05, 0.1) is 5.92 Å². The topological polar surface area (TPSA) is 32.3 Å². The highest BCUT2D eigenvalue weighted by Crippen LogP contribution is 2.26. The molecule has 1 N–H and O–H groups in total. The van der Waals surface area contributed by atoms with Gasteiger partial charge in [-0.2, -0.15) is 11.8 Å². The van der Waals surface area contributed by atoms with E-state index in [2.05, 4.69) is 24.1 Å². The van der Waals surface area contributed by atoms with E-state index in [1.165, 1.54) is 0 Å². The van der Waals surface area contributed by atoms with Gasteiger partial charge in [0.1, 0.15) is 0 Å². The first-order valence-corrected chi connectivity index (χ1v) is 6.84. The minimum Gasteiger partial charge on any atom is -0.340 e. The molecule has 0 radical (unpaired) electrons. The molecule has 0 aromatic rings. The van der Waals surface area contributed by atoms with E-state index in [1.54, 1.807) is 0 Å². The lowest BCUT2D eigenvalue weighted by atomic mass is 10.0. The Kier molecular flexibility index (Phi) is 5.41. The molecule has 16 heavy (non-hydrogen) atoms. The predicted octanol–water partition coefficient (Wildman–Crippen LogP) is 1.23. The molecule has 0 aromatic carbocycles. The van der Waals surface area contributed by atoms with Crippen LogP contribution in [0.1, 0.15) is 13.8 Å². The Morgan fingerprint density at radius 3 is 2.62 bits per heavy atom. The maximum atomic E-state index is 12.0. The van der Waals surface area contributed by atoms with E-state index < -0.39 is 0 Å². The van der Waals surface area contributed by atoms with Crippen LogP contribution in [-0.4, -0.2) is 48.0 Å². The van der Waals surface area contributed by atoms with Crippen molar-refractivity contribution in [1.29, 1.82) is 0 Å². The van der Waals surface area contributed by atoms with E-state index in [0.29, 0.717) is 17.1 Å². The number of halogens is 1. The summed E-state index contributed by atoms with van der Waals surface area (Å²) in [5.41, 5.74) is 0. The summed E-state index contributed by atoms with van der Waals surface area (Å²) in [5, 5.41) is 3.80. The molecule has 0 aromatic heterocycles. The molecule has 2 aliphatic heterocycles. The molecule has 2 saturated heterocycles. The molecule has 2 rings (SSSR count). The third-order valence-electron chi connectivity index (χ3n) is 3.28. The molecule has 1 atom stereocenters. The zero-order valence-electron chi connectivity index (χ0n) is 9.94. The number of rotatable bonds is 2. The van der Waals surface area contributed by atoms with Crippen molar-refractivity contribution in [3.63, 3.8) is 0 Å². The maximum Gasteiger partial charge on any atom is 0.228 e. The van der Waals surface area contributed by atoms with Crippen LogP contribution in [0.5, 0.6) is 0 Å². The van der Waals surface area contributed by atoms with Crippen LogP contribution in [0.2, 0.25) is 0 Å². The van der Waals surface area contributed by atoms with E-state index >= 15 is 0 Å². The number of nitrogens with one attached hydrogen (secondary N) is 1. The molecule has 0 aliphatic carbocycles. The average Bonchev–Trinajstić information content (AvgIpc) is 2.15. The first-order chi connectivity index (χ1) is 7.18. The molecule has 0 bridgehead atoms. The van der Waals surface area contributed by atoms with Gasteiger partial charge in [-0.1, -0.05) is 13.8 Å². The molecule has 94 valence electrons. The van der Waals surface area contributed by atoms with E-state index in [4.69, 9.17) is 0 Å². The van der Waals surface area contributed by atoms with Crippen molar-refractivity contribution in [2.24, 2.45) is 11.8 Å². The van der Waals surface area contributed by atoms with Crippen LogP contribution in [0.25, 0.3) is 0 Å². The lowest BCUT2D eigenvalue weighted by molar-refractivity contribution is -0.137. The van der Waals surface area contributed by atoms with Crippen molar-refractivity contribution >= 4 is 30.1 Å². The van der Waals surface area contributed by atoms with Crippen LogP contribution in [0.4, 0.5) is 0 Å². The Balaban J connectivity index is 0.00000128. The molecule has 1 unspecified atom stereocenters. The molecule has 3 nitrogen and oxygen atoms in total. The molecule has 1 amide bonds. The fourth-order valence-electron chi connectivity index (χ4n) is 2.00. The smallest absolute Gasteiger partial charge is 0.228 e. The number of amides is 1. The predicted molar refractivity (Wildman–Crippen MR) is 71.3 cm³/mol. The average molecular weight is 265 g/mol. The molecule has 5 heteroatoms. The first-order valence-electron chi connectivity index (χ1n) is 5.79. The van der Waals surface area contributed by atoms with Crippen LogP contribution in [0.3, 0.4) is 0 Å². The Morgan fingerprint density at radius 1 is 1.44 bits per heavy atom. The van der Waals surface area contributed by atoms with Gasteiger partial charge < -0.3 is 10.2 Å². The molecule has 2 fully saturated rings. The Morgan fingerprint density at radius 2 is 2.12 bits per heavy atom. The number of thioether (sulfide) groups is 1. The second kappa shape index (κ2) is 6.12. The summed E-state index contributed by atoms with van der Waals surface area (Å²) >= 11 is 2.02. The standard InChI is InChI=1S/C11H20N2OS.ClH/c1-8(2)10-7-13(3-4-15-10)11(14)9-5-12-6-9;/h8-10,12H,3-7H2,1-2H3;1H. The van der Waals surface area contributed by atoms with E-state index in [0.717, 1.165) is 31.9 Å². The van der Waals surface area contributed by atoms with E-state index in [1.807, 2.05) is 11.8 Å². The van der Waals surface area contributed by atoms with Crippen molar-refractivity contribution in [2.45, 2.75) is 19.1 Å². The monoisotopic (exact) mass is 264 g/mol. The lowest BCUT2D eigenvalue weighted by Gasteiger charge is -2.38.